The van der Waals surface area contributed by atoms with Gasteiger partial charge in [-0.05, 0) is 37.1 Å². The molecule has 0 heterocycles. The van der Waals surface area contributed by atoms with Crippen molar-refractivity contribution in [3.63, 3.8) is 0 Å². The lowest BCUT2D eigenvalue weighted by Crippen LogP contribution is -2.47. The van der Waals surface area contributed by atoms with E-state index in [-0.39, 0.29) is 18.0 Å². The molecule has 0 aromatic heterocycles. The van der Waals surface area contributed by atoms with Crippen LogP contribution in [0.4, 0.5) is 0 Å². The Hall–Kier alpha value is -2.86. The second-order valence-electron chi connectivity index (χ2n) is 7.45. The lowest BCUT2D eigenvalue weighted by atomic mass is 10.2. The van der Waals surface area contributed by atoms with Crippen molar-refractivity contribution in [1.82, 2.24) is 10.4 Å². The monoisotopic (exact) mass is 426 g/mol. The highest BCUT2D eigenvalue weighted by Gasteiger charge is 2.21. The van der Waals surface area contributed by atoms with E-state index in [0.717, 1.165) is 25.7 Å². The van der Waals surface area contributed by atoms with Crippen molar-refractivity contribution in [1.29, 1.82) is 0 Å². The smallest absolute Gasteiger partial charge is 0.338 e. The molecule has 0 saturated heterocycles. The number of ether oxygens (including phenoxy) is 2. The van der Waals surface area contributed by atoms with E-state index in [2.05, 4.69) is 12.3 Å². The largest absolute Gasteiger partial charge is 0.496 e. The Balaban J connectivity index is 2.06. The van der Waals surface area contributed by atoms with Crippen molar-refractivity contribution in [2.75, 3.05) is 20.2 Å². The van der Waals surface area contributed by atoms with E-state index < -0.39 is 0 Å². The van der Waals surface area contributed by atoms with Crippen LogP contribution in [-0.2, 0) is 4.74 Å². The SMILES string of the molecule is CCCCCCN(CC(CC)OC(=O)c1ccccc1)NC(=O)c1ccccc1OC. The van der Waals surface area contributed by atoms with Gasteiger partial charge in [0.05, 0.1) is 24.8 Å². The van der Waals surface area contributed by atoms with Crippen molar-refractivity contribution in [3.8, 4) is 5.75 Å². The lowest BCUT2D eigenvalue weighted by Gasteiger charge is -2.27. The topological polar surface area (TPSA) is 67.9 Å². The number of carbonyl (C=O) groups excluding carboxylic acids is 2. The molecule has 2 aromatic rings. The summed E-state index contributed by atoms with van der Waals surface area (Å²) in [5.41, 5.74) is 3.98. The van der Waals surface area contributed by atoms with E-state index in [1.54, 1.807) is 37.4 Å². The maximum Gasteiger partial charge on any atom is 0.338 e. The number of methoxy groups -OCH3 is 1. The fourth-order valence-electron chi connectivity index (χ4n) is 3.25. The number of hydrogen-bond donors (Lipinski definition) is 1. The van der Waals surface area contributed by atoms with Crippen LogP contribution in [0.25, 0.3) is 0 Å². The number of esters is 1. The summed E-state index contributed by atoms with van der Waals surface area (Å²) in [4.78, 5) is 25.4. The predicted molar refractivity (Wildman–Crippen MR) is 122 cm³/mol. The quantitative estimate of drug-likeness (QED) is 0.281. The number of unbranched alkanes of at least 4 members (excludes halogenated alkanes) is 3. The van der Waals surface area contributed by atoms with E-state index in [4.69, 9.17) is 9.47 Å². The minimum Gasteiger partial charge on any atom is -0.496 e. The molecule has 1 unspecified atom stereocenters. The number of rotatable bonds is 13. The Morgan fingerprint density at radius 1 is 0.968 bits per heavy atom. The molecule has 0 spiro atoms. The van der Waals surface area contributed by atoms with Gasteiger partial charge in [0.2, 0.25) is 0 Å². The third-order valence-electron chi connectivity index (χ3n) is 5.06. The molecular formula is C25H34N2O4. The van der Waals surface area contributed by atoms with E-state index in [0.29, 0.717) is 36.4 Å². The molecule has 0 radical (unpaired) electrons. The normalized spacial score (nSPS) is 11.7. The Morgan fingerprint density at radius 3 is 2.35 bits per heavy atom. The Labute approximate surface area is 185 Å². The van der Waals surface area contributed by atoms with Crippen LogP contribution in [0, 0.1) is 0 Å². The van der Waals surface area contributed by atoms with Gasteiger partial charge in [-0.1, -0.05) is 63.4 Å². The first-order valence-electron chi connectivity index (χ1n) is 11.0. The van der Waals surface area contributed by atoms with Gasteiger partial charge in [-0.15, -0.1) is 0 Å². The summed E-state index contributed by atoms with van der Waals surface area (Å²) >= 11 is 0. The highest BCUT2D eigenvalue weighted by atomic mass is 16.5. The number of amides is 1. The molecule has 0 aliphatic rings. The fraction of sp³-hybridized carbons (Fsp3) is 0.440. The fourth-order valence-corrected chi connectivity index (χ4v) is 3.25. The standard InChI is InChI=1S/C25H34N2O4/c1-4-6-7-13-18-27(26-24(28)22-16-11-12-17-23(22)30-3)19-21(5-2)31-25(29)20-14-9-8-10-15-20/h8-12,14-17,21H,4-7,13,18-19H2,1-3H3,(H,26,28). The number of nitrogens with zero attached hydrogens (tertiary/aromatic N) is 1. The number of para-hydroxylation sites is 1. The molecule has 1 N–H and O–H groups in total. The van der Waals surface area contributed by atoms with Gasteiger partial charge < -0.3 is 9.47 Å². The molecule has 0 aliphatic heterocycles. The molecule has 6 nitrogen and oxygen atoms in total. The predicted octanol–water partition coefficient (Wildman–Crippen LogP) is 4.86. The number of hydrogen-bond acceptors (Lipinski definition) is 5. The number of benzene rings is 2. The molecule has 2 rings (SSSR count). The Bertz CT molecular complexity index is 810. The number of hydrazine groups is 1. The van der Waals surface area contributed by atoms with Gasteiger partial charge in [0, 0.05) is 6.54 Å². The molecule has 168 valence electrons. The highest BCUT2D eigenvalue weighted by Crippen LogP contribution is 2.17. The zero-order chi connectivity index (χ0) is 22.5. The van der Waals surface area contributed by atoms with Crippen molar-refractivity contribution >= 4 is 11.9 Å². The van der Waals surface area contributed by atoms with Gasteiger partial charge in [0.15, 0.2) is 0 Å². The van der Waals surface area contributed by atoms with E-state index in [1.165, 1.54) is 0 Å². The average molecular weight is 427 g/mol. The summed E-state index contributed by atoms with van der Waals surface area (Å²) in [6.07, 6.45) is 4.63. The molecule has 0 bridgehead atoms. The molecule has 31 heavy (non-hydrogen) atoms. The number of nitrogens with one attached hydrogen (secondary N) is 1. The maximum atomic E-state index is 12.9. The molecule has 2 aromatic carbocycles. The molecule has 0 fully saturated rings. The van der Waals surface area contributed by atoms with E-state index >= 15 is 0 Å². The van der Waals surface area contributed by atoms with Crippen molar-refractivity contribution in [3.05, 3.63) is 65.7 Å². The van der Waals surface area contributed by atoms with Gasteiger partial charge in [0.1, 0.15) is 11.9 Å². The van der Waals surface area contributed by atoms with Crippen molar-refractivity contribution in [2.45, 2.75) is 52.1 Å². The van der Waals surface area contributed by atoms with Gasteiger partial charge >= 0.3 is 5.97 Å². The van der Waals surface area contributed by atoms with E-state index in [1.807, 2.05) is 36.2 Å². The average Bonchev–Trinajstić information content (AvgIpc) is 2.81. The molecule has 1 amide bonds. The second-order valence-corrected chi connectivity index (χ2v) is 7.45. The molecule has 0 aliphatic carbocycles. The third kappa shape index (κ3) is 8.06. The Morgan fingerprint density at radius 2 is 1.68 bits per heavy atom. The zero-order valence-corrected chi connectivity index (χ0v) is 18.8. The summed E-state index contributed by atoms with van der Waals surface area (Å²) < 4.78 is 11.0. The van der Waals surface area contributed by atoms with Crippen LogP contribution < -0.4 is 10.2 Å². The summed E-state index contributed by atoms with van der Waals surface area (Å²) in [6, 6.07) is 16.1. The molecule has 6 heteroatoms. The Kier molecular flexibility index (Phi) is 10.6. The van der Waals surface area contributed by atoms with Crippen LogP contribution in [0.2, 0.25) is 0 Å². The summed E-state index contributed by atoms with van der Waals surface area (Å²) in [5, 5.41) is 1.86. The van der Waals surface area contributed by atoms with Crippen LogP contribution >= 0.6 is 0 Å². The van der Waals surface area contributed by atoms with Crippen LogP contribution in [0.5, 0.6) is 5.75 Å². The first-order valence-corrected chi connectivity index (χ1v) is 11.0. The second kappa shape index (κ2) is 13.4. The lowest BCUT2D eigenvalue weighted by molar-refractivity contribution is 0.0129. The zero-order valence-electron chi connectivity index (χ0n) is 18.8. The first-order chi connectivity index (χ1) is 15.1. The highest BCUT2D eigenvalue weighted by molar-refractivity contribution is 5.96. The molecule has 0 saturated carbocycles. The van der Waals surface area contributed by atoms with Crippen LogP contribution in [0.1, 0.15) is 66.7 Å². The van der Waals surface area contributed by atoms with Crippen LogP contribution in [0.15, 0.2) is 54.6 Å². The first kappa shape index (κ1) is 24.4. The third-order valence-corrected chi connectivity index (χ3v) is 5.06. The van der Waals surface area contributed by atoms with Crippen LogP contribution in [-0.4, -0.2) is 43.2 Å². The minimum atomic E-state index is -0.352. The molecule has 1 atom stereocenters. The van der Waals surface area contributed by atoms with Gasteiger partial charge in [-0.2, -0.15) is 0 Å². The van der Waals surface area contributed by atoms with Crippen LogP contribution in [0.3, 0.4) is 0 Å². The summed E-state index contributed by atoms with van der Waals surface area (Å²) in [5.74, 6) is -0.0694. The summed E-state index contributed by atoms with van der Waals surface area (Å²) in [7, 11) is 1.55. The summed E-state index contributed by atoms with van der Waals surface area (Å²) in [6.45, 7) is 5.24. The van der Waals surface area contributed by atoms with Crippen molar-refractivity contribution < 1.29 is 19.1 Å². The number of carbonyl (C=O) groups is 2. The van der Waals surface area contributed by atoms with Gasteiger partial charge in [0.25, 0.3) is 5.91 Å². The van der Waals surface area contributed by atoms with Gasteiger partial charge in [-0.3, -0.25) is 10.2 Å². The minimum absolute atomic E-state index is 0.239. The van der Waals surface area contributed by atoms with Crippen molar-refractivity contribution in [2.24, 2.45) is 0 Å². The van der Waals surface area contributed by atoms with E-state index in [9.17, 15) is 9.59 Å². The molecular weight excluding hydrogens is 392 g/mol. The maximum absolute atomic E-state index is 12.9. The van der Waals surface area contributed by atoms with Gasteiger partial charge in [-0.25, -0.2) is 9.80 Å².